The molecule has 0 aromatic heterocycles. The fourth-order valence-electron chi connectivity index (χ4n) is 1.76. The quantitative estimate of drug-likeness (QED) is 0.405. The first-order valence-corrected chi connectivity index (χ1v) is 6.30. The topological polar surface area (TPSA) is 98.5 Å². The number of nitrogens with one attached hydrogen (secondary N) is 1. The molecule has 0 saturated carbocycles. The number of hydrogen-bond acceptors (Lipinski definition) is 5. The Morgan fingerprint density at radius 1 is 1.14 bits per heavy atom. The second kappa shape index (κ2) is 6.49. The lowest BCUT2D eigenvalue weighted by molar-refractivity contribution is -0.384. The number of ether oxygens (including phenoxy) is 1. The Bertz CT molecular complexity index is 728. The first kappa shape index (κ1) is 15.2. The summed E-state index contributed by atoms with van der Waals surface area (Å²) >= 11 is 0. The zero-order chi connectivity index (χ0) is 16.1. The number of nitro benzene ring substituents is 1. The molecule has 0 radical (unpaired) electrons. The van der Waals surface area contributed by atoms with Crippen molar-refractivity contribution in [2.75, 3.05) is 5.32 Å². The lowest BCUT2D eigenvalue weighted by Crippen LogP contribution is -2.11. The molecule has 112 valence electrons. The fourth-order valence-corrected chi connectivity index (χ4v) is 1.76. The van der Waals surface area contributed by atoms with E-state index in [1.807, 2.05) is 0 Å². The maximum absolute atomic E-state index is 12.0. The third-order valence-corrected chi connectivity index (χ3v) is 2.69. The summed E-state index contributed by atoms with van der Waals surface area (Å²) in [5.74, 6) is -0.826. The molecule has 2 rings (SSSR count). The van der Waals surface area contributed by atoms with E-state index in [9.17, 15) is 19.7 Å². The van der Waals surface area contributed by atoms with Gasteiger partial charge in [0.1, 0.15) is 11.4 Å². The second-order valence-electron chi connectivity index (χ2n) is 4.37. The highest BCUT2D eigenvalue weighted by molar-refractivity contribution is 5.95. The number of amides is 1. The molecular weight excluding hydrogens is 288 g/mol. The van der Waals surface area contributed by atoms with Crippen molar-refractivity contribution < 1.29 is 19.2 Å². The number of anilines is 1. The lowest BCUT2D eigenvalue weighted by atomic mass is 10.1. The van der Waals surface area contributed by atoms with Crippen LogP contribution in [0.4, 0.5) is 11.4 Å². The zero-order valence-electron chi connectivity index (χ0n) is 11.6. The van der Waals surface area contributed by atoms with Gasteiger partial charge in [-0.1, -0.05) is 18.2 Å². The van der Waals surface area contributed by atoms with Crippen molar-refractivity contribution in [3.05, 3.63) is 64.2 Å². The average molecular weight is 300 g/mol. The summed E-state index contributed by atoms with van der Waals surface area (Å²) in [7, 11) is 0. The number of carbonyl (C=O) groups is 2. The summed E-state index contributed by atoms with van der Waals surface area (Å²) in [5.41, 5.74) is -0.337. The maximum atomic E-state index is 12.0. The largest absolute Gasteiger partial charge is 0.423 e. The molecule has 7 heteroatoms. The van der Waals surface area contributed by atoms with Crippen LogP contribution in [0.1, 0.15) is 17.3 Å². The zero-order valence-corrected chi connectivity index (χ0v) is 11.6. The van der Waals surface area contributed by atoms with Crippen molar-refractivity contribution in [3.8, 4) is 5.75 Å². The van der Waals surface area contributed by atoms with Crippen LogP contribution in [-0.4, -0.2) is 16.8 Å². The molecule has 0 heterocycles. The van der Waals surface area contributed by atoms with Crippen LogP contribution in [0.25, 0.3) is 0 Å². The van der Waals surface area contributed by atoms with Crippen molar-refractivity contribution >= 4 is 23.3 Å². The molecule has 0 fully saturated rings. The van der Waals surface area contributed by atoms with Gasteiger partial charge in [-0.2, -0.15) is 0 Å². The van der Waals surface area contributed by atoms with Gasteiger partial charge in [0.05, 0.1) is 10.5 Å². The lowest BCUT2D eigenvalue weighted by Gasteiger charge is -2.07. The fraction of sp³-hybridized carbons (Fsp3) is 0.0667. The molecule has 0 bridgehead atoms. The summed E-state index contributed by atoms with van der Waals surface area (Å²) in [6.45, 7) is 1.24. The predicted octanol–water partition coefficient (Wildman–Crippen LogP) is 2.77. The Morgan fingerprint density at radius 3 is 2.41 bits per heavy atom. The number of nitro groups is 1. The smallest absolute Gasteiger partial charge is 0.343 e. The molecule has 2 aromatic rings. The molecule has 0 unspecified atom stereocenters. The highest BCUT2D eigenvalue weighted by Gasteiger charge is 2.19. The van der Waals surface area contributed by atoms with Gasteiger partial charge in [-0.25, -0.2) is 4.79 Å². The normalized spacial score (nSPS) is 9.86. The highest BCUT2D eigenvalue weighted by atomic mass is 16.6. The summed E-state index contributed by atoms with van der Waals surface area (Å²) in [5, 5.41) is 13.4. The van der Waals surface area contributed by atoms with Crippen LogP contribution in [0, 0.1) is 10.1 Å². The van der Waals surface area contributed by atoms with E-state index in [1.54, 1.807) is 30.3 Å². The van der Waals surface area contributed by atoms with E-state index in [0.29, 0.717) is 5.75 Å². The molecule has 0 aliphatic carbocycles. The summed E-state index contributed by atoms with van der Waals surface area (Å²) < 4.78 is 5.11. The Hall–Kier alpha value is -3.22. The van der Waals surface area contributed by atoms with Crippen molar-refractivity contribution in [1.82, 2.24) is 0 Å². The van der Waals surface area contributed by atoms with Gasteiger partial charge >= 0.3 is 5.97 Å². The number of benzene rings is 2. The first-order valence-electron chi connectivity index (χ1n) is 6.30. The van der Waals surface area contributed by atoms with Crippen LogP contribution in [0.3, 0.4) is 0 Å². The number of hydrogen-bond donors (Lipinski definition) is 1. The molecular formula is C15H12N2O5. The van der Waals surface area contributed by atoms with Crippen LogP contribution in [0.5, 0.6) is 5.75 Å². The van der Waals surface area contributed by atoms with Gasteiger partial charge in [0.25, 0.3) is 5.69 Å². The van der Waals surface area contributed by atoms with Gasteiger partial charge in [0.15, 0.2) is 0 Å². The number of nitrogens with zero attached hydrogens (tertiary/aromatic N) is 1. The number of para-hydroxylation sites is 1. The molecule has 0 atom stereocenters. The SMILES string of the molecule is CC(=O)Nc1ccc(C(=O)Oc2ccccc2)cc1[N+](=O)[O-]. The Balaban J connectivity index is 2.28. The summed E-state index contributed by atoms with van der Waals surface area (Å²) in [6, 6.07) is 12.1. The van der Waals surface area contributed by atoms with Crippen LogP contribution < -0.4 is 10.1 Å². The van der Waals surface area contributed by atoms with E-state index in [2.05, 4.69) is 5.32 Å². The molecule has 0 saturated heterocycles. The number of carbonyl (C=O) groups excluding carboxylic acids is 2. The van der Waals surface area contributed by atoms with Gasteiger partial charge < -0.3 is 10.1 Å². The molecule has 0 aliphatic heterocycles. The van der Waals surface area contributed by atoms with E-state index in [4.69, 9.17) is 4.74 Å². The van der Waals surface area contributed by atoms with Gasteiger partial charge in [0.2, 0.25) is 5.91 Å². The molecule has 2 aromatic carbocycles. The first-order chi connectivity index (χ1) is 10.5. The summed E-state index contributed by atoms with van der Waals surface area (Å²) in [4.78, 5) is 33.4. The minimum atomic E-state index is -0.719. The monoisotopic (exact) mass is 300 g/mol. The molecule has 0 spiro atoms. The Kier molecular flexibility index (Phi) is 4.47. The molecule has 7 nitrogen and oxygen atoms in total. The van der Waals surface area contributed by atoms with Crippen molar-refractivity contribution in [2.24, 2.45) is 0 Å². The van der Waals surface area contributed by atoms with E-state index in [-0.39, 0.29) is 16.9 Å². The predicted molar refractivity (Wildman–Crippen MR) is 78.8 cm³/mol. The van der Waals surface area contributed by atoms with Crippen LogP contribution in [0.2, 0.25) is 0 Å². The Labute approximate surface area is 125 Å². The van der Waals surface area contributed by atoms with E-state index < -0.39 is 16.8 Å². The van der Waals surface area contributed by atoms with Crippen molar-refractivity contribution in [3.63, 3.8) is 0 Å². The maximum Gasteiger partial charge on any atom is 0.343 e. The standard InChI is InChI=1S/C15H12N2O5/c1-10(18)16-13-8-7-11(9-14(13)17(20)21)15(19)22-12-5-3-2-4-6-12/h2-9H,1H3,(H,16,18). The molecule has 22 heavy (non-hydrogen) atoms. The number of esters is 1. The summed E-state index contributed by atoms with van der Waals surface area (Å²) in [6.07, 6.45) is 0. The van der Waals surface area contributed by atoms with E-state index in [0.717, 1.165) is 6.07 Å². The highest BCUT2D eigenvalue weighted by Crippen LogP contribution is 2.26. The average Bonchev–Trinajstić information content (AvgIpc) is 2.47. The van der Waals surface area contributed by atoms with Crippen LogP contribution in [0.15, 0.2) is 48.5 Å². The van der Waals surface area contributed by atoms with Gasteiger partial charge in [-0.3, -0.25) is 14.9 Å². The van der Waals surface area contributed by atoms with Crippen LogP contribution in [-0.2, 0) is 4.79 Å². The molecule has 1 N–H and O–H groups in total. The minimum Gasteiger partial charge on any atom is -0.423 e. The third-order valence-electron chi connectivity index (χ3n) is 2.69. The van der Waals surface area contributed by atoms with E-state index in [1.165, 1.54) is 19.1 Å². The second-order valence-corrected chi connectivity index (χ2v) is 4.37. The van der Waals surface area contributed by atoms with Crippen LogP contribution >= 0.6 is 0 Å². The Morgan fingerprint density at radius 2 is 1.82 bits per heavy atom. The minimum absolute atomic E-state index is 0.0182. The van der Waals surface area contributed by atoms with Gasteiger partial charge in [-0.05, 0) is 24.3 Å². The van der Waals surface area contributed by atoms with Gasteiger partial charge in [-0.15, -0.1) is 0 Å². The van der Waals surface area contributed by atoms with Crippen molar-refractivity contribution in [2.45, 2.75) is 6.92 Å². The molecule has 0 aliphatic rings. The number of rotatable bonds is 4. The van der Waals surface area contributed by atoms with E-state index >= 15 is 0 Å². The third kappa shape index (κ3) is 3.66. The van der Waals surface area contributed by atoms with Gasteiger partial charge in [0, 0.05) is 13.0 Å². The molecule has 1 amide bonds. The van der Waals surface area contributed by atoms with Crippen molar-refractivity contribution in [1.29, 1.82) is 0 Å².